The maximum absolute atomic E-state index is 6.12. The number of hydrogen-bond donors (Lipinski definition) is 0. The van der Waals surface area contributed by atoms with Gasteiger partial charge in [-0.25, -0.2) is 9.67 Å². The lowest BCUT2D eigenvalue weighted by atomic mass is 9.86. The first-order valence-corrected chi connectivity index (χ1v) is 10.8. The van der Waals surface area contributed by atoms with E-state index in [-0.39, 0.29) is 6.10 Å². The van der Waals surface area contributed by atoms with E-state index in [4.69, 9.17) is 16.3 Å². The quantitative estimate of drug-likeness (QED) is 0.454. The third-order valence-electron chi connectivity index (χ3n) is 5.58. The third-order valence-corrected chi connectivity index (χ3v) is 5.83. The SMILES string of the molecule is Clc1ccc(-n2c(Cn3ccnn3)nnc2C2CCC(Oc3ccccn3)CC2)cc1. The first kappa shape index (κ1) is 19.7. The van der Waals surface area contributed by atoms with Crippen LogP contribution in [0.3, 0.4) is 0 Å². The van der Waals surface area contributed by atoms with E-state index < -0.39 is 0 Å². The van der Waals surface area contributed by atoms with Crippen LogP contribution in [-0.4, -0.2) is 40.8 Å². The van der Waals surface area contributed by atoms with Crippen LogP contribution in [0.2, 0.25) is 5.02 Å². The topological polar surface area (TPSA) is 83.5 Å². The van der Waals surface area contributed by atoms with Crippen LogP contribution >= 0.6 is 11.6 Å². The molecular weight excluding hydrogens is 414 g/mol. The minimum atomic E-state index is 0.174. The standard InChI is InChI=1S/C22H22ClN7O/c23-17-6-8-18(9-7-17)30-20(15-29-14-13-25-28-29)26-27-22(30)16-4-10-19(11-5-16)31-21-3-1-2-12-24-21/h1-3,6-9,12-14,16,19H,4-5,10-11,15H2. The number of benzene rings is 1. The molecule has 0 N–H and O–H groups in total. The zero-order chi connectivity index (χ0) is 21.0. The molecule has 3 aromatic heterocycles. The van der Waals surface area contributed by atoms with Crippen LogP contribution < -0.4 is 4.74 Å². The zero-order valence-electron chi connectivity index (χ0n) is 16.9. The zero-order valence-corrected chi connectivity index (χ0v) is 17.6. The second-order valence-electron chi connectivity index (χ2n) is 7.65. The van der Waals surface area contributed by atoms with Crippen LogP contribution in [0.25, 0.3) is 5.69 Å². The fourth-order valence-corrected chi connectivity index (χ4v) is 4.18. The lowest BCUT2D eigenvalue weighted by Gasteiger charge is -2.28. The lowest BCUT2D eigenvalue weighted by Crippen LogP contribution is -2.25. The Hall–Kier alpha value is -3.26. The van der Waals surface area contributed by atoms with Crippen LogP contribution in [-0.2, 0) is 6.54 Å². The molecule has 8 nitrogen and oxygen atoms in total. The number of nitrogens with zero attached hydrogens (tertiary/aromatic N) is 7. The first-order chi connectivity index (χ1) is 15.3. The fraction of sp³-hybridized carbons (Fsp3) is 0.318. The van der Waals surface area contributed by atoms with E-state index in [0.29, 0.717) is 23.4 Å². The van der Waals surface area contributed by atoms with Crippen molar-refractivity contribution >= 4 is 11.6 Å². The monoisotopic (exact) mass is 435 g/mol. The van der Waals surface area contributed by atoms with Crippen molar-refractivity contribution in [2.75, 3.05) is 0 Å². The Bertz CT molecular complexity index is 1100. The molecule has 4 aromatic rings. The summed E-state index contributed by atoms with van der Waals surface area (Å²) in [7, 11) is 0. The van der Waals surface area contributed by atoms with Gasteiger partial charge in [0.05, 0.1) is 6.20 Å². The van der Waals surface area contributed by atoms with Gasteiger partial charge in [0.2, 0.25) is 5.88 Å². The third kappa shape index (κ3) is 4.44. The van der Waals surface area contributed by atoms with Crippen molar-refractivity contribution in [3.05, 3.63) is 77.7 Å². The second-order valence-corrected chi connectivity index (χ2v) is 8.08. The summed E-state index contributed by atoms with van der Waals surface area (Å²) in [5.41, 5.74) is 0.992. The van der Waals surface area contributed by atoms with Crippen LogP contribution in [0.1, 0.15) is 43.3 Å². The van der Waals surface area contributed by atoms with E-state index in [1.54, 1.807) is 17.1 Å². The molecule has 0 bridgehead atoms. The highest BCUT2D eigenvalue weighted by molar-refractivity contribution is 6.30. The van der Waals surface area contributed by atoms with Crippen molar-refractivity contribution in [2.24, 2.45) is 0 Å². The van der Waals surface area contributed by atoms with Gasteiger partial charge in [-0.3, -0.25) is 4.57 Å². The van der Waals surface area contributed by atoms with Gasteiger partial charge in [-0.15, -0.1) is 15.3 Å². The minimum Gasteiger partial charge on any atom is -0.474 e. The summed E-state index contributed by atoms with van der Waals surface area (Å²) in [5, 5.41) is 17.8. The maximum atomic E-state index is 6.12. The van der Waals surface area contributed by atoms with Gasteiger partial charge in [0, 0.05) is 35.1 Å². The Kier molecular flexibility index (Phi) is 5.62. The van der Waals surface area contributed by atoms with Crippen LogP contribution in [0.5, 0.6) is 5.88 Å². The van der Waals surface area contributed by atoms with Gasteiger partial charge >= 0.3 is 0 Å². The second kappa shape index (κ2) is 8.85. The summed E-state index contributed by atoms with van der Waals surface area (Å²) < 4.78 is 9.93. The van der Waals surface area contributed by atoms with Crippen molar-refractivity contribution < 1.29 is 4.74 Å². The highest BCUT2D eigenvalue weighted by atomic mass is 35.5. The van der Waals surface area contributed by atoms with Gasteiger partial charge in [0.15, 0.2) is 5.82 Å². The molecule has 5 rings (SSSR count). The highest BCUT2D eigenvalue weighted by Crippen LogP contribution is 2.35. The molecule has 0 radical (unpaired) electrons. The molecule has 31 heavy (non-hydrogen) atoms. The number of rotatable bonds is 6. The molecule has 0 spiro atoms. The Morgan fingerprint density at radius 1 is 0.968 bits per heavy atom. The van der Waals surface area contributed by atoms with Gasteiger partial charge in [0.1, 0.15) is 18.5 Å². The summed E-state index contributed by atoms with van der Waals surface area (Å²) in [4.78, 5) is 4.28. The Morgan fingerprint density at radius 3 is 2.52 bits per heavy atom. The minimum absolute atomic E-state index is 0.174. The number of aromatic nitrogens is 7. The maximum Gasteiger partial charge on any atom is 0.213 e. The first-order valence-electron chi connectivity index (χ1n) is 10.4. The van der Waals surface area contributed by atoms with E-state index in [1.807, 2.05) is 48.7 Å². The molecule has 1 fully saturated rings. The summed E-state index contributed by atoms with van der Waals surface area (Å²) in [6, 6.07) is 13.5. The van der Waals surface area contributed by atoms with E-state index >= 15 is 0 Å². The number of pyridine rings is 1. The Labute approximate surface area is 184 Å². The van der Waals surface area contributed by atoms with Gasteiger partial charge in [-0.1, -0.05) is 22.9 Å². The van der Waals surface area contributed by atoms with E-state index in [2.05, 4.69) is 30.1 Å². The van der Waals surface area contributed by atoms with Crippen LogP contribution in [0.15, 0.2) is 61.1 Å². The molecule has 1 aliphatic carbocycles. The van der Waals surface area contributed by atoms with Gasteiger partial charge in [0.25, 0.3) is 0 Å². The molecule has 0 saturated heterocycles. The van der Waals surface area contributed by atoms with E-state index in [0.717, 1.165) is 43.0 Å². The molecule has 1 aliphatic rings. The number of halogens is 1. The average molecular weight is 436 g/mol. The molecule has 0 aliphatic heterocycles. The fourth-order valence-electron chi connectivity index (χ4n) is 4.06. The van der Waals surface area contributed by atoms with Gasteiger partial charge in [-0.2, -0.15) is 0 Å². The summed E-state index contributed by atoms with van der Waals surface area (Å²) in [6.45, 7) is 0.494. The molecular formula is C22H22ClN7O. The average Bonchev–Trinajstić information content (AvgIpc) is 3.46. The van der Waals surface area contributed by atoms with Crippen molar-refractivity contribution in [1.82, 2.24) is 34.7 Å². The van der Waals surface area contributed by atoms with E-state index in [1.165, 1.54) is 0 Å². The Balaban J connectivity index is 1.37. The highest BCUT2D eigenvalue weighted by Gasteiger charge is 2.29. The van der Waals surface area contributed by atoms with Gasteiger partial charge < -0.3 is 4.74 Å². The molecule has 3 heterocycles. The van der Waals surface area contributed by atoms with Crippen molar-refractivity contribution in [2.45, 2.75) is 44.2 Å². The van der Waals surface area contributed by atoms with E-state index in [9.17, 15) is 0 Å². The number of hydrogen-bond acceptors (Lipinski definition) is 6. The summed E-state index contributed by atoms with van der Waals surface area (Å²) in [6.07, 6.45) is 9.27. The van der Waals surface area contributed by atoms with Crippen LogP contribution in [0, 0.1) is 0 Å². The van der Waals surface area contributed by atoms with Crippen LogP contribution in [0.4, 0.5) is 0 Å². The lowest BCUT2D eigenvalue weighted by molar-refractivity contribution is 0.139. The van der Waals surface area contributed by atoms with Crippen molar-refractivity contribution in [1.29, 1.82) is 0 Å². The summed E-state index contributed by atoms with van der Waals surface area (Å²) >= 11 is 6.12. The molecule has 0 amide bonds. The smallest absolute Gasteiger partial charge is 0.213 e. The Morgan fingerprint density at radius 2 is 1.81 bits per heavy atom. The molecule has 9 heteroatoms. The van der Waals surface area contributed by atoms with Crippen molar-refractivity contribution in [3.63, 3.8) is 0 Å². The number of ether oxygens (including phenoxy) is 1. The van der Waals surface area contributed by atoms with Crippen molar-refractivity contribution in [3.8, 4) is 11.6 Å². The predicted molar refractivity (Wildman–Crippen MR) is 115 cm³/mol. The molecule has 1 saturated carbocycles. The van der Waals surface area contributed by atoms with Gasteiger partial charge in [-0.05, 0) is 56.0 Å². The summed E-state index contributed by atoms with van der Waals surface area (Å²) in [5.74, 6) is 2.77. The normalized spacial score (nSPS) is 18.7. The molecule has 0 atom stereocenters. The largest absolute Gasteiger partial charge is 0.474 e. The molecule has 0 unspecified atom stereocenters. The molecule has 1 aromatic carbocycles. The predicted octanol–water partition coefficient (Wildman–Crippen LogP) is 4.06. The molecule has 158 valence electrons.